The van der Waals surface area contributed by atoms with Gasteiger partial charge in [-0.2, -0.15) is 11.8 Å². The van der Waals surface area contributed by atoms with E-state index in [1.807, 2.05) is 24.2 Å². The van der Waals surface area contributed by atoms with E-state index in [2.05, 4.69) is 19.7 Å². The van der Waals surface area contributed by atoms with E-state index in [-0.39, 0.29) is 5.02 Å². The second kappa shape index (κ2) is 6.61. The molecule has 0 unspecified atom stereocenters. The van der Waals surface area contributed by atoms with Crippen molar-refractivity contribution < 1.29 is 4.39 Å². The minimum atomic E-state index is -0.410. The van der Waals surface area contributed by atoms with Crippen molar-refractivity contribution in [3.8, 4) is 0 Å². The van der Waals surface area contributed by atoms with Crippen molar-refractivity contribution in [3.05, 3.63) is 58.9 Å². The van der Waals surface area contributed by atoms with Crippen LogP contribution in [0.1, 0.15) is 29.3 Å². The highest BCUT2D eigenvalue weighted by Gasteiger charge is 2.21. The van der Waals surface area contributed by atoms with Gasteiger partial charge in [-0.1, -0.05) is 17.7 Å². The largest absolute Gasteiger partial charge is 0.363 e. The summed E-state index contributed by atoms with van der Waals surface area (Å²) in [5.41, 5.74) is 2.93. The van der Waals surface area contributed by atoms with Crippen LogP contribution < -0.4 is 5.32 Å². The van der Waals surface area contributed by atoms with Crippen LogP contribution in [0.4, 0.5) is 10.2 Å². The number of halogens is 2. The first-order valence-corrected chi connectivity index (χ1v) is 9.26. The average Bonchev–Trinajstić information content (AvgIpc) is 3.24. The fraction of sp³-hybridized carbons (Fsp3) is 0.294. The Kier molecular flexibility index (Phi) is 4.33. The van der Waals surface area contributed by atoms with E-state index in [9.17, 15) is 4.39 Å². The fourth-order valence-corrected chi connectivity index (χ4v) is 4.45. The molecule has 1 aliphatic rings. The summed E-state index contributed by atoms with van der Waals surface area (Å²) in [7, 11) is 0. The van der Waals surface area contributed by atoms with Gasteiger partial charge in [0.15, 0.2) is 11.5 Å². The predicted molar refractivity (Wildman–Crippen MR) is 96.2 cm³/mol. The van der Waals surface area contributed by atoms with Crippen molar-refractivity contribution in [1.82, 2.24) is 14.4 Å². The molecule has 7 heteroatoms. The van der Waals surface area contributed by atoms with E-state index in [0.717, 1.165) is 11.2 Å². The van der Waals surface area contributed by atoms with Gasteiger partial charge in [0.1, 0.15) is 5.82 Å². The third kappa shape index (κ3) is 2.96. The first-order valence-electron chi connectivity index (χ1n) is 7.84. The molecular formula is C17H16ClFN4S. The lowest BCUT2D eigenvalue weighted by atomic mass is 10.2. The summed E-state index contributed by atoms with van der Waals surface area (Å²) >= 11 is 7.81. The first kappa shape index (κ1) is 15.7. The van der Waals surface area contributed by atoms with E-state index < -0.39 is 5.82 Å². The number of hydrogen-bond donors (Lipinski definition) is 1. The van der Waals surface area contributed by atoms with Crippen molar-refractivity contribution in [1.29, 1.82) is 0 Å². The Morgan fingerprint density at radius 1 is 1.38 bits per heavy atom. The van der Waals surface area contributed by atoms with Gasteiger partial charge in [-0.15, -0.1) is 0 Å². The van der Waals surface area contributed by atoms with E-state index in [4.69, 9.17) is 11.6 Å². The topological polar surface area (TPSA) is 42.2 Å². The lowest BCUT2D eigenvalue weighted by Crippen LogP contribution is -2.05. The number of imidazole rings is 1. The molecule has 1 saturated heterocycles. The molecular weight excluding hydrogens is 347 g/mol. The Balaban J connectivity index is 1.59. The Morgan fingerprint density at radius 3 is 3.08 bits per heavy atom. The quantitative estimate of drug-likeness (QED) is 0.730. The van der Waals surface area contributed by atoms with Gasteiger partial charge in [0.05, 0.1) is 16.9 Å². The van der Waals surface area contributed by atoms with Crippen molar-refractivity contribution in [2.75, 3.05) is 11.1 Å². The van der Waals surface area contributed by atoms with Gasteiger partial charge in [-0.3, -0.25) is 4.40 Å². The van der Waals surface area contributed by atoms with Crippen molar-refractivity contribution in [3.63, 3.8) is 0 Å². The number of rotatable bonds is 4. The third-order valence-electron chi connectivity index (χ3n) is 4.16. The molecule has 0 saturated carbocycles. The number of anilines is 1. The van der Waals surface area contributed by atoms with E-state index in [0.29, 0.717) is 17.6 Å². The number of aromatic nitrogens is 3. The molecule has 0 radical (unpaired) electrons. The zero-order chi connectivity index (χ0) is 16.5. The maximum atomic E-state index is 13.2. The van der Waals surface area contributed by atoms with Gasteiger partial charge >= 0.3 is 0 Å². The Labute approximate surface area is 148 Å². The molecule has 3 aromatic rings. The highest BCUT2D eigenvalue weighted by Crippen LogP contribution is 2.40. The minimum absolute atomic E-state index is 0.127. The molecule has 4 nitrogen and oxygen atoms in total. The molecule has 1 atom stereocenters. The monoisotopic (exact) mass is 362 g/mol. The predicted octanol–water partition coefficient (Wildman–Crippen LogP) is 4.70. The second-order valence-corrected chi connectivity index (χ2v) is 7.47. The molecule has 0 aliphatic carbocycles. The Bertz CT molecular complexity index is 876. The highest BCUT2D eigenvalue weighted by molar-refractivity contribution is 7.99. The van der Waals surface area contributed by atoms with Gasteiger partial charge < -0.3 is 5.32 Å². The van der Waals surface area contributed by atoms with Crippen LogP contribution in [0.2, 0.25) is 5.02 Å². The van der Waals surface area contributed by atoms with Gasteiger partial charge in [0, 0.05) is 24.2 Å². The van der Waals surface area contributed by atoms with Crippen LogP contribution in [0.15, 0.2) is 36.8 Å². The first-order chi connectivity index (χ1) is 11.7. The molecule has 4 rings (SSSR count). The summed E-state index contributed by atoms with van der Waals surface area (Å²) in [6, 6.07) is 4.70. The number of nitrogens with one attached hydrogen (secondary N) is 1. The summed E-state index contributed by atoms with van der Waals surface area (Å²) in [6.45, 7) is 0.507. The third-order valence-corrected chi connectivity index (χ3v) is 5.85. The van der Waals surface area contributed by atoms with Gasteiger partial charge in [-0.25, -0.2) is 14.4 Å². The number of benzene rings is 1. The molecule has 124 valence electrons. The normalized spacial score (nSPS) is 17.5. The standard InChI is InChI=1S/C17H16ClFN4S/c18-12-8-11(3-4-13(12)19)9-21-16-17-22-10-14(15-2-1-7-24-15)23(17)6-5-20-16/h3-6,8,10,15H,1-2,7,9H2,(H,20,21)/t15-/m0/s1. The van der Waals surface area contributed by atoms with Crippen LogP contribution in [0, 0.1) is 5.82 Å². The van der Waals surface area contributed by atoms with Gasteiger partial charge in [0.25, 0.3) is 0 Å². The molecule has 0 spiro atoms. The zero-order valence-electron chi connectivity index (χ0n) is 12.9. The smallest absolute Gasteiger partial charge is 0.180 e. The lowest BCUT2D eigenvalue weighted by molar-refractivity contribution is 0.627. The average molecular weight is 363 g/mol. The fourth-order valence-electron chi connectivity index (χ4n) is 2.95. The number of nitrogens with zero attached hydrogens (tertiary/aromatic N) is 3. The Morgan fingerprint density at radius 2 is 2.29 bits per heavy atom. The van der Waals surface area contributed by atoms with Crippen LogP contribution in [0.3, 0.4) is 0 Å². The highest BCUT2D eigenvalue weighted by atomic mass is 35.5. The maximum Gasteiger partial charge on any atom is 0.180 e. The maximum absolute atomic E-state index is 13.2. The molecule has 2 aromatic heterocycles. The second-order valence-electron chi connectivity index (χ2n) is 5.76. The van der Waals surface area contributed by atoms with E-state index in [1.54, 1.807) is 18.3 Å². The van der Waals surface area contributed by atoms with Crippen LogP contribution in [0.5, 0.6) is 0 Å². The molecule has 1 aliphatic heterocycles. The number of thioether (sulfide) groups is 1. The summed E-state index contributed by atoms with van der Waals surface area (Å²) in [5.74, 6) is 1.51. The zero-order valence-corrected chi connectivity index (χ0v) is 14.4. The summed E-state index contributed by atoms with van der Waals surface area (Å²) in [5, 5.41) is 3.90. The molecule has 24 heavy (non-hydrogen) atoms. The van der Waals surface area contributed by atoms with Crippen LogP contribution in [0.25, 0.3) is 5.65 Å². The van der Waals surface area contributed by atoms with Crippen molar-refractivity contribution in [2.24, 2.45) is 0 Å². The van der Waals surface area contributed by atoms with E-state index in [1.165, 1.54) is 30.4 Å². The number of hydrogen-bond acceptors (Lipinski definition) is 4. The Hall–Kier alpha value is -1.79. The molecule has 1 aromatic carbocycles. The number of fused-ring (bicyclic) bond motifs is 1. The summed E-state index contributed by atoms with van der Waals surface area (Å²) in [6.07, 6.45) is 8.12. The SMILES string of the molecule is Fc1ccc(CNc2nccn3c([C@@H]4CCCS4)cnc23)cc1Cl. The molecule has 1 N–H and O–H groups in total. The minimum Gasteiger partial charge on any atom is -0.363 e. The van der Waals surface area contributed by atoms with Crippen LogP contribution in [-0.4, -0.2) is 20.1 Å². The molecule has 3 heterocycles. The summed E-state index contributed by atoms with van der Waals surface area (Å²) in [4.78, 5) is 8.94. The summed E-state index contributed by atoms with van der Waals surface area (Å²) < 4.78 is 15.3. The van der Waals surface area contributed by atoms with Gasteiger partial charge in [-0.05, 0) is 36.3 Å². The van der Waals surface area contributed by atoms with Crippen molar-refractivity contribution >= 4 is 34.8 Å². The lowest BCUT2D eigenvalue weighted by Gasteiger charge is -2.10. The van der Waals surface area contributed by atoms with Crippen LogP contribution in [-0.2, 0) is 6.54 Å². The molecule has 1 fully saturated rings. The van der Waals surface area contributed by atoms with Gasteiger partial charge in [0.2, 0.25) is 0 Å². The van der Waals surface area contributed by atoms with Crippen LogP contribution >= 0.6 is 23.4 Å². The molecule has 0 amide bonds. The van der Waals surface area contributed by atoms with E-state index >= 15 is 0 Å². The molecule has 0 bridgehead atoms. The van der Waals surface area contributed by atoms with Crippen molar-refractivity contribution in [2.45, 2.75) is 24.6 Å².